The number of ether oxygens (including phenoxy) is 1. The summed E-state index contributed by atoms with van der Waals surface area (Å²) in [6.45, 7) is 0.908. The monoisotopic (exact) mass is 230 g/mol. The highest BCUT2D eigenvalue weighted by molar-refractivity contribution is 5.30. The Morgan fingerprint density at radius 2 is 1.82 bits per heavy atom. The highest BCUT2D eigenvalue weighted by Crippen LogP contribution is 2.17. The molecule has 0 spiro atoms. The highest BCUT2D eigenvalue weighted by Gasteiger charge is 1.98. The number of rotatable bonds is 4. The summed E-state index contributed by atoms with van der Waals surface area (Å²) < 4.78 is 5.55. The number of phenolic OH excluding ortho intramolecular Hbond substituents is 1. The number of aromatic nitrogens is 1. The van der Waals surface area contributed by atoms with Crippen LogP contribution >= 0.6 is 0 Å². The Bertz CT molecular complexity index is 483. The van der Waals surface area contributed by atoms with Gasteiger partial charge >= 0.3 is 0 Å². The Labute approximate surface area is 99.7 Å². The van der Waals surface area contributed by atoms with Crippen LogP contribution in [0.15, 0.2) is 42.7 Å². The van der Waals surface area contributed by atoms with Gasteiger partial charge in [0.1, 0.15) is 18.1 Å². The molecule has 0 saturated carbocycles. The topological polar surface area (TPSA) is 68.4 Å². The van der Waals surface area contributed by atoms with Gasteiger partial charge in [0.15, 0.2) is 0 Å². The lowest BCUT2D eigenvalue weighted by atomic mass is 10.2. The van der Waals surface area contributed by atoms with E-state index < -0.39 is 0 Å². The molecule has 2 aromatic rings. The molecule has 4 heteroatoms. The van der Waals surface area contributed by atoms with Crippen LogP contribution in [-0.2, 0) is 13.2 Å². The Morgan fingerprint density at radius 1 is 1.12 bits per heavy atom. The number of aromatic hydroxyl groups is 1. The largest absolute Gasteiger partial charge is 0.508 e. The fraction of sp³-hybridized carbons (Fsp3) is 0.154. The third-order valence-electron chi connectivity index (χ3n) is 2.33. The van der Waals surface area contributed by atoms with Gasteiger partial charge in [0.2, 0.25) is 0 Å². The van der Waals surface area contributed by atoms with Crippen molar-refractivity contribution in [1.29, 1.82) is 0 Å². The van der Waals surface area contributed by atoms with Crippen LogP contribution in [0.3, 0.4) is 0 Å². The average Bonchev–Trinajstić information content (AvgIpc) is 2.38. The molecule has 0 radical (unpaired) electrons. The first-order chi connectivity index (χ1) is 8.28. The van der Waals surface area contributed by atoms with E-state index in [2.05, 4.69) is 4.98 Å². The quantitative estimate of drug-likeness (QED) is 0.840. The molecule has 1 heterocycles. The van der Waals surface area contributed by atoms with Crippen LogP contribution < -0.4 is 10.5 Å². The minimum atomic E-state index is 0.226. The Hall–Kier alpha value is -2.07. The molecule has 0 bridgehead atoms. The van der Waals surface area contributed by atoms with Crippen molar-refractivity contribution in [2.45, 2.75) is 13.2 Å². The highest BCUT2D eigenvalue weighted by atomic mass is 16.5. The van der Waals surface area contributed by atoms with Gasteiger partial charge in [-0.2, -0.15) is 0 Å². The molecule has 4 nitrogen and oxygen atoms in total. The zero-order valence-corrected chi connectivity index (χ0v) is 9.34. The van der Waals surface area contributed by atoms with Gasteiger partial charge in [-0.15, -0.1) is 0 Å². The van der Waals surface area contributed by atoms with Crippen molar-refractivity contribution in [1.82, 2.24) is 4.98 Å². The molecule has 0 atom stereocenters. The third-order valence-corrected chi connectivity index (χ3v) is 2.33. The van der Waals surface area contributed by atoms with Crippen molar-refractivity contribution in [3.63, 3.8) is 0 Å². The van der Waals surface area contributed by atoms with Gasteiger partial charge in [-0.3, -0.25) is 4.98 Å². The smallest absolute Gasteiger partial charge is 0.120 e. The molecule has 0 fully saturated rings. The van der Waals surface area contributed by atoms with Crippen LogP contribution in [0.2, 0.25) is 0 Å². The van der Waals surface area contributed by atoms with Gasteiger partial charge < -0.3 is 15.6 Å². The number of benzene rings is 1. The molecule has 3 N–H and O–H groups in total. The van der Waals surface area contributed by atoms with E-state index in [0.717, 1.165) is 11.1 Å². The molecule has 0 aliphatic heterocycles. The molecule has 0 saturated heterocycles. The summed E-state index contributed by atoms with van der Waals surface area (Å²) in [7, 11) is 0. The number of phenols is 1. The second-order valence-corrected chi connectivity index (χ2v) is 3.69. The van der Waals surface area contributed by atoms with Crippen molar-refractivity contribution < 1.29 is 9.84 Å². The van der Waals surface area contributed by atoms with Crippen molar-refractivity contribution in [2.75, 3.05) is 0 Å². The lowest BCUT2D eigenvalue weighted by molar-refractivity contribution is 0.305. The summed E-state index contributed by atoms with van der Waals surface area (Å²) in [5.74, 6) is 0.935. The average molecular weight is 230 g/mol. The summed E-state index contributed by atoms with van der Waals surface area (Å²) in [5, 5.41) is 9.13. The van der Waals surface area contributed by atoms with Gasteiger partial charge in [0.25, 0.3) is 0 Å². The van der Waals surface area contributed by atoms with Crippen LogP contribution in [0, 0.1) is 0 Å². The Morgan fingerprint density at radius 3 is 2.53 bits per heavy atom. The van der Waals surface area contributed by atoms with E-state index in [0.29, 0.717) is 18.9 Å². The van der Waals surface area contributed by atoms with E-state index >= 15 is 0 Å². The molecule has 1 aromatic heterocycles. The fourth-order valence-corrected chi connectivity index (χ4v) is 1.44. The molecular formula is C13H14N2O2. The van der Waals surface area contributed by atoms with E-state index in [1.165, 1.54) is 0 Å². The van der Waals surface area contributed by atoms with Crippen LogP contribution in [-0.4, -0.2) is 10.1 Å². The van der Waals surface area contributed by atoms with Crippen LogP contribution in [0.5, 0.6) is 11.5 Å². The van der Waals surface area contributed by atoms with Gasteiger partial charge in [-0.1, -0.05) is 0 Å². The first kappa shape index (κ1) is 11.4. The maximum Gasteiger partial charge on any atom is 0.120 e. The van der Waals surface area contributed by atoms with Crippen LogP contribution in [0.1, 0.15) is 11.1 Å². The number of nitrogens with zero attached hydrogens (tertiary/aromatic N) is 1. The van der Waals surface area contributed by atoms with Crippen LogP contribution in [0.25, 0.3) is 0 Å². The standard InChI is InChI=1S/C13H14N2O2/c14-6-10-5-11(8-15-7-10)9-17-13-3-1-12(16)2-4-13/h1-5,7-8,16H,6,9,14H2. The van der Waals surface area contributed by atoms with Gasteiger partial charge in [0, 0.05) is 24.5 Å². The van der Waals surface area contributed by atoms with E-state index in [-0.39, 0.29) is 5.75 Å². The molecule has 0 aliphatic rings. The van der Waals surface area contributed by atoms with E-state index in [1.54, 1.807) is 36.7 Å². The molecular weight excluding hydrogens is 216 g/mol. The SMILES string of the molecule is NCc1cncc(COc2ccc(O)cc2)c1. The summed E-state index contributed by atoms with van der Waals surface area (Å²) in [6, 6.07) is 8.58. The third kappa shape index (κ3) is 3.19. The lowest BCUT2D eigenvalue weighted by Gasteiger charge is -2.06. The van der Waals surface area contributed by atoms with Gasteiger partial charge in [0.05, 0.1) is 0 Å². The maximum absolute atomic E-state index is 9.13. The predicted octanol–water partition coefficient (Wildman–Crippen LogP) is 1.82. The molecule has 0 aliphatic carbocycles. The second kappa shape index (κ2) is 5.32. The van der Waals surface area contributed by atoms with Crippen molar-refractivity contribution >= 4 is 0 Å². The van der Waals surface area contributed by atoms with Crippen molar-refractivity contribution in [3.05, 3.63) is 53.9 Å². The zero-order valence-electron chi connectivity index (χ0n) is 9.34. The number of nitrogens with two attached hydrogens (primary N) is 1. The predicted molar refractivity (Wildman–Crippen MR) is 64.6 cm³/mol. The maximum atomic E-state index is 9.13. The van der Waals surface area contributed by atoms with Crippen molar-refractivity contribution in [2.24, 2.45) is 5.73 Å². The van der Waals surface area contributed by atoms with E-state index in [9.17, 15) is 0 Å². The summed E-state index contributed by atoms with van der Waals surface area (Å²) in [6.07, 6.45) is 3.49. The molecule has 0 unspecified atom stereocenters. The lowest BCUT2D eigenvalue weighted by Crippen LogP contribution is -2.01. The molecule has 1 aromatic carbocycles. The summed E-state index contributed by atoms with van der Waals surface area (Å²) in [4.78, 5) is 4.08. The number of pyridine rings is 1. The second-order valence-electron chi connectivity index (χ2n) is 3.69. The van der Waals surface area contributed by atoms with Crippen LogP contribution in [0.4, 0.5) is 0 Å². The summed E-state index contributed by atoms with van der Waals surface area (Å²) >= 11 is 0. The van der Waals surface area contributed by atoms with E-state index in [4.69, 9.17) is 15.6 Å². The molecule has 2 rings (SSSR count). The zero-order chi connectivity index (χ0) is 12.1. The molecule has 17 heavy (non-hydrogen) atoms. The first-order valence-corrected chi connectivity index (χ1v) is 5.32. The normalized spacial score (nSPS) is 10.2. The minimum Gasteiger partial charge on any atom is -0.508 e. The Kier molecular flexibility index (Phi) is 3.57. The van der Waals surface area contributed by atoms with Crippen molar-refractivity contribution in [3.8, 4) is 11.5 Å². The molecule has 0 amide bonds. The number of hydrogen-bond donors (Lipinski definition) is 2. The fourth-order valence-electron chi connectivity index (χ4n) is 1.44. The van der Waals surface area contributed by atoms with Gasteiger partial charge in [-0.05, 0) is 35.9 Å². The molecule has 88 valence electrons. The van der Waals surface area contributed by atoms with E-state index in [1.807, 2.05) is 6.07 Å². The summed E-state index contributed by atoms with van der Waals surface area (Å²) in [5.41, 5.74) is 7.49. The minimum absolute atomic E-state index is 0.226. The van der Waals surface area contributed by atoms with Gasteiger partial charge in [-0.25, -0.2) is 0 Å². The number of hydrogen-bond acceptors (Lipinski definition) is 4. The Balaban J connectivity index is 1.99. The first-order valence-electron chi connectivity index (χ1n) is 5.32.